The quantitative estimate of drug-likeness (QED) is 0.780. The fourth-order valence-electron chi connectivity index (χ4n) is 2.20. The Kier molecular flexibility index (Phi) is 9.23. The number of thioether (sulfide) groups is 1. The third-order valence-corrected chi connectivity index (χ3v) is 5.30. The Morgan fingerprint density at radius 2 is 2.12 bits per heavy atom. The minimum atomic E-state index is -0.273. The molecular formula is C15H20Cl3N3O2S. The number of likely N-dealkylation sites (N-methyl/N-ethyl adjacent to an activating group) is 1. The number of carbonyl (C=O) groups is 2. The van der Waals surface area contributed by atoms with Crippen molar-refractivity contribution in [1.29, 1.82) is 0 Å². The average Bonchev–Trinajstić information content (AvgIpc) is 2.51. The molecule has 9 heteroatoms. The second-order valence-electron chi connectivity index (χ2n) is 5.36. The van der Waals surface area contributed by atoms with Crippen molar-refractivity contribution < 1.29 is 9.59 Å². The van der Waals surface area contributed by atoms with Crippen LogP contribution in [-0.2, 0) is 9.59 Å². The summed E-state index contributed by atoms with van der Waals surface area (Å²) < 4.78 is 0. The number of benzene rings is 1. The molecule has 0 bridgehead atoms. The lowest BCUT2D eigenvalue weighted by atomic mass is 10.2. The molecule has 1 aliphatic rings. The van der Waals surface area contributed by atoms with E-state index in [1.165, 1.54) is 4.90 Å². The lowest BCUT2D eigenvalue weighted by molar-refractivity contribution is -0.133. The first-order valence-corrected chi connectivity index (χ1v) is 9.17. The zero-order valence-corrected chi connectivity index (χ0v) is 16.3. The lowest BCUT2D eigenvalue weighted by Gasteiger charge is -2.25. The average molecular weight is 413 g/mol. The van der Waals surface area contributed by atoms with E-state index < -0.39 is 0 Å². The Bertz CT molecular complexity index is 583. The molecule has 1 aromatic rings. The number of nitrogens with one attached hydrogen (secondary N) is 2. The smallest absolute Gasteiger partial charge is 0.243 e. The maximum absolute atomic E-state index is 12.2. The van der Waals surface area contributed by atoms with E-state index in [0.29, 0.717) is 22.2 Å². The highest BCUT2D eigenvalue weighted by atomic mass is 35.5. The van der Waals surface area contributed by atoms with Crippen LogP contribution in [0.5, 0.6) is 0 Å². The van der Waals surface area contributed by atoms with Crippen LogP contribution in [0.15, 0.2) is 18.2 Å². The van der Waals surface area contributed by atoms with Crippen molar-refractivity contribution in [2.75, 3.05) is 37.0 Å². The molecule has 1 aromatic carbocycles. The van der Waals surface area contributed by atoms with E-state index in [0.717, 1.165) is 18.1 Å². The molecule has 2 amide bonds. The van der Waals surface area contributed by atoms with Crippen LogP contribution in [0.3, 0.4) is 0 Å². The SMILES string of the molecule is CN(CC(=O)Nc1ccc(Cl)c(Cl)c1)C(=O)CC1CSCCN1.Cl. The molecule has 0 saturated carbocycles. The molecule has 24 heavy (non-hydrogen) atoms. The van der Waals surface area contributed by atoms with E-state index >= 15 is 0 Å². The van der Waals surface area contributed by atoms with Gasteiger partial charge in [-0.05, 0) is 18.2 Å². The zero-order chi connectivity index (χ0) is 16.8. The monoisotopic (exact) mass is 411 g/mol. The maximum Gasteiger partial charge on any atom is 0.243 e. The number of hydrogen-bond donors (Lipinski definition) is 2. The molecule has 1 aliphatic heterocycles. The van der Waals surface area contributed by atoms with Gasteiger partial charge in [0.05, 0.1) is 16.6 Å². The maximum atomic E-state index is 12.2. The summed E-state index contributed by atoms with van der Waals surface area (Å²) in [6.07, 6.45) is 0.406. The van der Waals surface area contributed by atoms with Crippen LogP contribution in [0, 0.1) is 0 Å². The molecule has 1 heterocycles. The summed E-state index contributed by atoms with van der Waals surface area (Å²) >= 11 is 13.6. The van der Waals surface area contributed by atoms with E-state index in [1.54, 1.807) is 25.2 Å². The van der Waals surface area contributed by atoms with E-state index in [4.69, 9.17) is 23.2 Å². The van der Waals surface area contributed by atoms with Gasteiger partial charge in [-0.15, -0.1) is 12.4 Å². The highest BCUT2D eigenvalue weighted by Crippen LogP contribution is 2.24. The van der Waals surface area contributed by atoms with Gasteiger partial charge in [-0.3, -0.25) is 9.59 Å². The molecule has 2 rings (SSSR count). The Hall–Kier alpha value is -0.660. The normalized spacial score (nSPS) is 16.9. The van der Waals surface area contributed by atoms with Crippen molar-refractivity contribution in [1.82, 2.24) is 10.2 Å². The number of nitrogens with zero attached hydrogens (tertiary/aromatic N) is 1. The minimum Gasteiger partial charge on any atom is -0.336 e. The Morgan fingerprint density at radius 3 is 2.75 bits per heavy atom. The summed E-state index contributed by atoms with van der Waals surface area (Å²) in [6, 6.07) is 5.03. The molecule has 134 valence electrons. The summed E-state index contributed by atoms with van der Waals surface area (Å²) in [7, 11) is 1.63. The van der Waals surface area contributed by atoms with E-state index in [9.17, 15) is 9.59 Å². The second kappa shape index (κ2) is 10.4. The molecule has 0 aliphatic carbocycles. The van der Waals surface area contributed by atoms with Gasteiger partial charge in [-0.25, -0.2) is 0 Å². The van der Waals surface area contributed by atoms with Crippen LogP contribution < -0.4 is 10.6 Å². The first-order valence-electron chi connectivity index (χ1n) is 7.25. The van der Waals surface area contributed by atoms with Crippen LogP contribution in [0.4, 0.5) is 5.69 Å². The Balaban J connectivity index is 0.00000288. The van der Waals surface area contributed by atoms with Crippen molar-refractivity contribution in [3.05, 3.63) is 28.2 Å². The minimum absolute atomic E-state index is 0. The summed E-state index contributed by atoms with van der Waals surface area (Å²) in [5.41, 5.74) is 0.551. The van der Waals surface area contributed by atoms with Crippen molar-refractivity contribution >= 4 is 64.9 Å². The number of anilines is 1. The molecule has 1 fully saturated rings. The van der Waals surface area contributed by atoms with E-state index in [-0.39, 0.29) is 36.8 Å². The van der Waals surface area contributed by atoms with E-state index in [2.05, 4.69) is 10.6 Å². The number of carbonyl (C=O) groups excluding carboxylic acids is 2. The number of halogens is 3. The highest BCUT2D eigenvalue weighted by Gasteiger charge is 2.20. The summed E-state index contributed by atoms with van der Waals surface area (Å²) in [5.74, 6) is 1.68. The van der Waals surface area contributed by atoms with Crippen LogP contribution in [-0.4, -0.2) is 54.4 Å². The van der Waals surface area contributed by atoms with Crippen molar-refractivity contribution in [2.45, 2.75) is 12.5 Å². The third-order valence-electron chi connectivity index (χ3n) is 3.43. The first-order chi connectivity index (χ1) is 11.0. The lowest BCUT2D eigenvalue weighted by Crippen LogP contribution is -2.43. The summed E-state index contributed by atoms with van der Waals surface area (Å²) in [4.78, 5) is 25.6. The summed E-state index contributed by atoms with van der Waals surface area (Å²) in [6.45, 7) is 0.920. The van der Waals surface area contributed by atoms with Gasteiger partial charge in [-0.1, -0.05) is 23.2 Å². The van der Waals surface area contributed by atoms with Crippen molar-refractivity contribution in [3.8, 4) is 0 Å². The third kappa shape index (κ3) is 6.69. The molecule has 0 aromatic heterocycles. The standard InChI is InChI=1S/C15H19Cl2N3O2S.ClH/c1-20(15(22)7-11-9-23-5-4-18-11)8-14(21)19-10-2-3-12(16)13(17)6-10;/h2-3,6,11,18H,4-5,7-9H2,1H3,(H,19,21);1H. The second-order valence-corrected chi connectivity index (χ2v) is 7.32. The molecular weight excluding hydrogens is 393 g/mol. The van der Waals surface area contributed by atoms with Crippen LogP contribution in [0.2, 0.25) is 10.0 Å². The van der Waals surface area contributed by atoms with E-state index in [1.807, 2.05) is 11.8 Å². The van der Waals surface area contributed by atoms with Crippen molar-refractivity contribution in [2.24, 2.45) is 0 Å². The fourth-order valence-corrected chi connectivity index (χ4v) is 3.44. The van der Waals surface area contributed by atoms with Gasteiger partial charge in [-0.2, -0.15) is 11.8 Å². The van der Waals surface area contributed by atoms with Gasteiger partial charge in [0.1, 0.15) is 0 Å². The molecule has 5 nitrogen and oxygen atoms in total. The van der Waals surface area contributed by atoms with Gasteiger partial charge < -0.3 is 15.5 Å². The Morgan fingerprint density at radius 1 is 1.38 bits per heavy atom. The first kappa shape index (κ1) is 21.4. The topological polar surface area (TPSA) is 61.4 Å². The predicted molar refractivity (Wildman–Crippen MR) is 104 cm³/mol. The molecule has 0 spiro atoms. The van der Waals surface area contributed by atoms with Gasteiger partial charge in [0.25, 0.3) is 0 Å². The molecule has 0 radical (unpaired) electrons. The van der Waals surface area contributed by atoms with Gasteiger partial charge in [0.15, 0.2) is 0 Å². The van der Waals surface area contributed by atoms with Gasteiger partial charge in [0.2, 0.25) is 11.8 Å². The number of hydrogen-bond acceptors (Lipinski definition) is 4. The number of amides is 2. The zero-order valence-electron chi connectivity index (χ0n) is 13.2. The molecule has 1 saturated heterocycles. The summed E-state index contributed by atoms with van der Waals surface area (Å²) in [5, 5.41) is 6.81. The van der Waals surface area contributed by atoms with Crippen LogP contribution in [0.25, 0.3) is 0 Å². The predicted octanol–water partition coefficient (Wildman–Crippen LogP) is 2.91. The highest BCUT2D eigenvalue weighted by molar-refractivity contribution is 7.99. The number of rotatable bonds is 5. The molecule has 1 unspecified atom stereocenters. The largest absolute Gasteiger partial charge is 0.336 e. The van der Waals surface area contributed by atoms with Gasteiger partial charge >= 0.3 is 0 Å². The van der Waals surface area contributed by atoms with Gasteiger partial charge in [0, 0.05) is 43.2 Å². The fraction of sp³-hybridized carbons (Fsp3) is 0.467. The van der Waals surface area contributed by atoms with Crippen molar-refractivity contribution in [3.63, 3.8) is 0 Å². The Labute approximate surface area is 162 Å². The molecule has 2 N–H and O–H groups in total. The molecule has 1 atom stereocenters. The van der Waals surface area contributed by atoms with Crippen LogP contribution >= 0.6 is 47.4 Å². The van der Waals surface area contributed by atoms with Crippen LogP contribution in [0.1, 0.15) is 6.42 Å².